The van der Waals surface area contributed by atoms with Crippen molar-refractivity contribution < 1.29 is 9.59 Å². The summed E-state index contributed by atoms with van der Waals surface area (Å²) in [6, 6.07) is 12.9. The maximum Gasteiger partial charge on any atom is 0.195 e. The second kappa shape index (κ2) is 6.28. The zero-order valence-corrected chi connectivity index (χ0v) is 14.8. The van der Waals surface area contributed by atoms with Crippen molar-refractivity contribution >= 4 is 11.6 Å². The van der Waals surface area contributed by atoms with Gasteiger partial charge in [0.25, 0.3) is 0 Å². The summed E-state index contributed by atoms with van der Waals surface area (Å²) in [6.45, 7) is 1.98. The molecule has 5 rings (SSSR count). The van der Waals surface area contributed by atoms with Crippen molar-refractivity contribution in [2.24, 2.45) is 0 Å². The normalized spacial score (nSPS) is 16.9. The minimum atomic E-state index is -0.0922. The molecule has 2 aromatic carbocycles. The first kappa shape index (κ1) is 16.1. The van der Waals surface area contributed by atoms with Crippen LogP contribution in [-0.4, -0.2) is 34.4 Å². The number of piperidine rings is 1. The first-order valence-corrected chi connectivity index (χ1v) is 9.31. The van der Waals surface area contributed by atoms with Crippen LogP contribution in [0.25, 0.3) is 11.1 Å². The Balaban J connectivity index is 1.61. The molecule has 1 aliphatic carbocycles. The lowest BCUT2D eigenvalue weighted by Crippen LogP contribution is -2.29. The summed E-state index contributed by atoms with van der Waals surface area (Å²) in [7, 11) is 0. The number of ketones is 2. The van der Waals surface area contributed by atoms with Gasteiger partial charge >= 0.3 is 0 Å². The van der Waals surface area contributed by atoms with E-state index in [1.807, 2.05) is 23.0 Å². The summed E-state index contributed by atoms with van der Waals surface area (Å²) in [5, 5.41) is 7.91. The number of hydrogen-bond acceptors (Lipinski definition) is 4. The van der Waals surface area contributed by atoms with Crippen molar-refractivity contribution in [2.75, 3.05) is 13.1 Å². The van der Waals surface area contributed by atoms with Crippen LogP contribution in [0.2, 0.25) is 0 Å². The number of carbonyl (C=O) groups is 2. The Hall–Kier alpha value is -3.05. The van der Waals surface area contributed by atoms with Crippen LogP contribution in [0.15, 0.2) is 54.9 Å². The summed E-state index contributed by atoms with van der Waals surface area (Å²) in [4.78, 5) is 26.1. The van der Waals surface area contributed by atoms with E-state index in [1.54, 1.807) is 36.5 Å². The van der Waals surface area contributed by atoms with Gasteiger partial charge in [-0.05, 0) is 31.5 Å². The third-order valence-corrected chi connectivity index (χ3v) is 5.55. The SMILES string of the molecule is O=C1c2ccccc2C(=O)c2c1cccc2-c1cnn(C2CCNCC2)c1. The number of hydrogen-bond donors (Lipinski definition) is 1. The highest BCUT2D eigenvalue weighted by atomic mass is 16.1. The Bertz CT molecular complexity index is 1060. The Morgan fingerprint density at radius 1 is 0.852 bits per heavy atom. The third-order valence-electron chi connectivity index (χ3n) is 5.55. The predicted molar refractivity (Wildman–Crippen MR) is 102 cm³/mol. The van der Waals surface area contributed by atoms with Crippen molar-refractivity contribution in [3.8, 4) is 11.1 Å². The molecule has 5 nitrogen and oxygen atoms in total. The quantitative estimate of drug-likeness (QED) is 0.598. The summed E-state index contributed by atoms with van der Waals surface area (Å²) in [6.07, 6.45) is 5.89. The van der Waals surface area contributed by atoms with Crippen LogP contribution in [-0.2, 0) is 0 Å². The Labute approximate surface area is 157 Å². The van der Waals surface area contributed by atoms with Crippen LogP contribution in [0.1, 0.15) is 50.7 Å². The lowest BCUT2D eigenvalue weighted by molar-refractivity contribution is 0.0979. The summed E-state index contributed by atoms with van der Waals surface area (Å²) in [5.41, 5.74) is 3.59. The van der Waals surface area contributed by atoms with E-state index < -0.39 is 0 Å². The van der Waals surface area contributed by atoms with Gasteiger partial charge in [-0.15, -0.1) is 0 Å². The molecule has 0 amide bonds. The Kier molecular flexibility index (Phi) is 3.76. The third kappa shape index (κ3) is 2.54. The van der Waals surface area contributed by atoms with Crippen molar-refractivity contribution in [3.63, 3.8) is 0 Å². The molecule has 27 heavy (non-hydrogen) atoms. The molecule has 2 heterocycles. The van der Waals surface area contributed by atoms with Gasteiger partial charge in [-0.1, -0.05) is 42.5 Å². The highest BCUT2D eigenvalue weighted by molar-refractivity contribution is 6.30. The number of fused-ring (bicyclic) bond motifs is 2. The van der Waals surface area contributed by atoms with Gasteiger partial charge in [-0.2, -0.15) is 5.10 Å². The molecule has 0 unspecified atom stereocenters. The van der Waals surface area contributed by atoms with Crippen LogP contribution >= 0.6 is 0 Å². The number of carbonyl (C=O) groups excluding carboxylic acids is 2. The molecule has 0 spiro atoms. The average Bonchev–Trinajstić information content (AvgIpc) is 3.22. The van der Waals surface area contributed by atoms with Crippen LogP contribution < -0.4 is 5.32 Å². The Morgan fingerprint density at radius 2 is 1.52 bits per heavy atom. The molecule has 0 atom stereocenters. The molecule has 134 valence electrons. The van der Waals surface area contributed by atoms with Crippen molar-refractivity contribution in [3.05, 3.63) is 77.1 Å². The van der Waals surface area contributed by atoms with Gasteiger partial charge in [0.15, 0.2) is 11.6 Å². The largest absolute Gasteiger partial charge is 0.317 e. The molecule has 5 heteroatoms. The van der Waals surface area contributed by atoms with E-state index >= 15 is 0 Å². The van der Waals surface area contributed by atoms with Crippen LogP contribution in [0, 0.1) is 0 Å². The molecule has 2 aliphatic rings. The second-order valence-corrected chi connectivity index (χ2v) is 7.12. The van der Waals surface area contributed by atoms with Crippen LogP contribution in [0.4, 0.5) is 0 Å². The van der Waals surface area contributed by atoms with Crippen LogP contribution in [0.5, 0.6) is 0 Å². The fourth-order valence-corrected chi connectivity index (χ4v) is 4.13. The van der Waals surface area contributed by atoms with Crippen molar-refractivity contribution in [2.45, 2.75) is 18.9 Å². The maximum atomic E-state index is 13.2. The van der Waals surface area contributed by atoms with Crippen LogP contribution in [0.3, 0.4) is 0 Å². The minimum Gasteiger partial charge on any atom is -0.317 e. The maximum absolute atomic E-state index is 13.2. The van der Waals surface area contributed by atoms with E-state index in [-0.39, 0.29) is 11.6 Å². The number of nitrogens with zero attached hydrogens (tertiary/aromatic N) is 2. The lowest BCUT2D eigenvalue weighted by atomic mass is 9.81. The molecule has 0 radical (unpaired) electrons. The zero-order valence-electron chi connectivity index (χ0n) is 14.8. The van der Waals surface area contributed by atoms with E-state index in [2.05, 4.69) is 10.4 Å². The minimum absolute atomic E-state index is 0.0900. The fourth-order valence-electron chi connectivity index (χ4n) is 4.13. The molecular weight excluding hydrogens is 338 g/mol. The van der Waals surface area contributed by atoms with E-state index in [9.17, 15) is 9.59 Å². The number of rotatable bonds is 2. The molecule has 1 aliphatic heterocycles. The number of nitrogens with one attached hydrogen (secondary N) is 1. The molecular formula is C22H19N3O2. The van der Waals surface area contributed by atoms with Gasteiger partial charge in [0.2, 0.25) is 0 Å². The highest BCUT2D eigenvalue weighted by Crippen LogP contribution is 2.34. The molecule has 1 aromatic heterocycles. The highest BCUT2D eigenvalue weighted by Gasteiger charge is 2.31. The van der Waals surface area contributed by atoms with E-state index in [1.165, 1.54) is 0 Å². The molecule has 1 saturated heterocycles. The number of benzene rings is 2. The zero-order chi connectivity index (χ0) is 18.4. The lowest BCUT2D eigenvalue weighted by Gasteiger charge is -2.23. The monoisotopic (exact) mass is 357 g/mol. The van der Waals surface area contributed by atoms with Crippen molar-refractivity contribution in [1.29, 1.82) is 0 Å². The summed E-state index contributed by atoms with van der Waals surface area (Å²) in [5.74, 6) is -0.182. The van der Waals surface area contributed by atoms with Gasteiger partial charge in [-0.3, -0.25) is 14.3 Å². The number of aromatic nitrogens is 2. The summed E-state index contributed by atoms with van der Waals surface area (Å²) >= 11 is 0. The smallest absolute Gasteiger partial charge is 0.195 e. The van der Waals surface area contributed by atoms with E-state index in [4.69, 9.17) is 0 Å². The van der Waals surface area contributed by atoms with Gasteiger partial charge in [-0.25, -0.2) is 0 Å². The summed E-state index contributed by atoms with van der Waals surface area (Å²) < 4.78 is 2.00. The second-order valence-electron chi connectivity index (χ2n) is 7.12. The molecule has 3 aromatic rings. The standard InChI is InChI=1S/C22H19N3O2/c26-21-17-4-1-2-5-18(17)22(27)20-16(6-3-7-19(20)21)14-12-24-25(13-14)15-8-10-23-11-9-15/h1-7,12-13,15,23H,8-11H2. The first-order valence-electron chi connectivity index (χ1n) is 9.31. The predicted octanol–water partition coefficient (Wildman–Crippen LogP) is 3.25. The van der Waals surface area contributed by atoms with Gasteiger partial charge < -0.3 is 5.32 Å². The van der Waals surface area contributed by atoms with Gasteiger partial charge in [0.05, 0.1) is 12.2 Å². The average molecular weight is 357 g/mol. The molecule has 1 N–H and O–H groups in total. The van der Waals surface area contributed by atoms with E-state index in [0.29, 0.717) is 28.3 Å². The molecule has 0 saturated carbocycles. The van der Waals surface area contributed by atoms with Gasteiger partial charge in [0, 0.05) is 34.0 Å². The Morgan fingerprint density at radius 3 is 2.30 bits per heavy atom. The first-order chi connectivity index (χ1) is 13.2. The van der Waals surface area contributed by atoms with E-state index in [0.717, 1.165) is 37.1 Å². The fraction of sp³-hybridized carbons (Fsp3) is 0.227. The van der Waals surface area contributed by atoms with Gasteiger partial charge in [0.1, 0.15) is 0 Å². The molecule has 0 bridgehead atoms. The topological polar surface area (TPSA) is 64.0 Å². The molecule has 1 fully saturated rings. The van der Waals surface area contributed by atoms with Crippen molar-refractivity contribution in [1.82, 2.24) is 15.1 Å².